The first-order valence-corrected chi connectivity index (χ1v) is 7.79. The zero-order valence-corrected chi connectivity index (χ0v) is 13.2. The molecule has 8 nitrogen and oxygen atoms in total. The Labute approximate surface area is 133 Å². The van der Waals surface area contributed by atoms with Crippen LogP contribution in [0.2, 0.25) is 0 Å². The van der Waals surface area contributed by atoms with Crippen molar-refractivity contribution in [1.82, 2.24) is 29.1 Å². The molecule has 120 valence electrons. The molecule has 4 rings (SSSR count). The van der Waals surface area contributed by atoms with Gasteiger partial charge < -0.3 is 19.2 Å². The van der Waals surface area contributed by atoms with E-state index in [1.165, 1.54) is 0 Å². The summed E-state index contributed by atoms with van der Waals surface area (Å²) >= 11 is 0. The summed E-state index contributed by atoms with van der Waals surface area (Å²) in [6.45, 7) is 3.60. The van der Waals surface area contributed by atoms with Crippen molar-refractivity contribution in [2.45, 2.75) is 32.0 Å². The Morgan fingerprint density at radius 2 is 2.22 bits per heavy atom. The molecule has 3 aromatic rings. The number of hydrogen-bond donors (Lipinski definition) is 1. The zero-order valence-electron chi connectivity index (χ0n) is 13.2. The number of imidazole rings is 2. The molecule has 8 heteroatoms. The lowest BCUT2D eigenvalue weighted by atomic mass is 10.1. The predicted octanol–water partition coefficient (Wildman–Crippen LogP) is 1.52. The summed E-state index contributed by atoms with van der Waals surface area (Å²) in [5.41, 5.74) is 1.64. The fraction of sp³-hybridized carbons (Fsp3) is 0.467. The van der Waals surface area contributed by atoms with Gasteiger partial charge in [0.2, 0.25) is 0 Å². The molecule has 1 aliphatic heterocycles. The zero-order chi connectivity index (χ0) is 15.8. The van der Waals surface area contributed by atoms with Crippen LogP contribution in [0, 0.1) is 0 Å². The molecular formula is C15H19N7O. The van der Waals surface area contributed by atoms with E-state index in [0.717, 1.165) is 35.8 Å². The van der Waals surface area contributed by atoms with Crippen molar-refractivity contribution in [3.05, 3.63) is 30.9 Å². The van der Waals surface area contributed by atoms with Gasteiger partial charge in [-0.15, -0.1) is 0 Å². The summed E-state index contributed by atoms with van der Waals surface area (Å²) in [5.74, 6) is 1.67. The van der Waals surface area contributed by atoms with Crippen LogP contribution in [0.25, 0.3) is 11.2 Å². The molecule has 23 heavy (non-hydrogen) atoms. The lowest BCUT2D eigenvalue weighted by molar-refractivity contribution is 0.0983. The monoisotopic (exact) mass is 313 g/mol. The Balaban J connectivity index is 1.65. The largest absolute Gasteiger partial charge is 0.368 e. The standard InChI is InChI=1S/C15H19N7O/c1-3-22-9-19-11-13(17-8-18-14(11)22)20-10-4-7-23-12(10)15-16-5-6-21(15)2/h5-6,8-10,12H,3-4,7H2,1-2H3,(H,17,18,20)/t10-,12-/m0/s1. The lowest BCUT2D eigenvalue weighted by Gasteiger charge is -2.20. The molecule has 0 radical (unpaired) electrons. The highest BCUT2D eigenvalue weighted by Gasteiger charge is 2.33. The van der Waals surface area contributed by atoms with Gasteiger partial charge in [-0.1, -0.05) is 0 Å². The summed E-state index contributed by atoms with van der Waals surface area (Å²) in [6, 6.07) is 0.112. The number of aryl methyl sites for hydroxylation is 2. The molecular weight excluding hydrogens is 294 g/mol. The molecule has 0 aliphatic carbocycles. The maximum atomic E-state index is 5.89. The first-order chi connectivity index (χ1) is 11.3. The molecule has 2 atom stereocenters. The normalized spacial score (nSPS) is 21.1. The van der Waals surface area contributed by atoms with Crippen molar-refractivity contribution < 1.29 is 4.74 Å². The number of nitrogens with zero attached hydrogens (tertiary/aromatic N) is 6. The van der Waals surface area contributed by atoms with Gasteiger partial charge in [0.25, 0.3) is 0 Å². The lowest BCUT2D eigenvalue weighted by Crippen LogP contribution is -2.26. The Hall–Kier alpha value is -2.48. The average Bonchev–Trinajstić information content (AvgIpc) is 3.26. The van der Waals surface area contributed by atoms with E-state index in [1.807, 2.05) is 22.4 Å². The van der Waals surface area contributed by atoms with Crippen molar-refractivity contribution >= 4 is 17.0 Å². The maximum absolute atomic E-state index is 5.89. The van der Waals surface area contributed by atoms with Crippen LogP contribution in [0.3, 0.4) is 0 Å². The van der Waals surface area contributed by atoms with Gasteiger partial charge >= 0.3 is 0 Å². The van der Waals surface area contributed by atoms with E-state index in [0.29, 0.717) is 6.61 Å². The Morgan fingerprint density at radius 3 is 3.00 bits per heavy atom. The Morgan fingerprint density at radius 1 is 1.30 bits per heavy atom. The van der Waals surface area contributed by atoms with E-state index in [9.17, 15) is 0 Å². The summed E-state index contributed by atoms with van der Waals surface area (Å²) in [5, 5.41) is 3.48. The number of fused-ring (bicyclic) bond motifs is 1. The van der Waals surface area contributed by atoms with Crippen LogP contribution >= 0.6 is 0 Å². The summed E-state index contributed by atoms with van der Waals surface area (Å²) < 4.78 is 9.88. The molecule has 1 saturated heterocycles. The second-order valence-electron chi connectivity index (χ2n) is 5.65. The number of rotatable bonds is 4. The third kappa shape index (κ3) is 2.35. The molecule has 0 saturated carbocycles. The third-order valence-electron chi connectivity index (χ3n) is 4.27. The second-order valence-corrected chi connectivity index (χ2v) is 5.65. The van der Waals surface area contributed by atoms with Gasteiger partial charge in [-0.3, -0.25) is 0 Å². The number of aromatic nitrogens is 6. The van der Waals surface area contributed by atoms with Gasteiger partial charge in [-0.05, 0) is 13.3 Å². The highest BCUT2D eigenvalue weighted by atomic mass is 16.5. The van der Waals surface area contributed by atoms with Crippen LogP contribution in [0.15, 0.2) is 25.0 Å². The predicted molar refractivity (Wildman–Crippen MR) is 84.9 cm³/mol. The van der Waals surface area contributed by atoms with Crippen LogP contribution < -0.4 is 5.32 Å². The van der Waals surface area contributed by atoms with E-state index in [4.69, 9.17) is 4.74 Å². The van der Waals surface area contributed by atoms with E-state index in [-0.39, 0.29) is 12.1 Å². The SMILES string of the molecule is CCn1cnc2c(N[C@H]3CCO[C@@H]3c3nccn3C)ncnc21. The molecule has 0 aromatic carbocycles. The van der Waals surface area contributed by atoms with Gasteiger partial charge in [0.1, 0.15) is 23.8 Å². The average molecular weight is 313 g/mol. The smallest absolute Gasteiger partial charge is 0.165 e. The molecule has 1 fully saturated rings. The van der Waals surface area contributed by atoms with Crippen molar-refractivity contribution in [1.29, 1.82) is 0 Å². The molecule has 0 amide bonds. The van der Waals surface area contributed by atoms with Gasteiger partial charge in [-0.25, -0.2) is 19.9 Å². The highest BCUT2D eigenvalue weighted by Crippen LogP contribution is 2.31. The van der Waals surface area contributed by atoms with Gasteiger partial charge in [0, 0.05) is 32.6 Å². The van der Waals surface area contributed by atoms with Crippen molar-refractivity contribution in [2.75, 3.05) is 11.9 Å². The van der Waals surface area contributed by atoms with E-state index >= 15 is 0 Å². The molecule has 1 N–H and O–H groups in total. The fourth-order valence-electron chi connectivity index (χ4n) is 3.04. The van der Waals surface area contributed by atoms with Crippen LogP contribution in [0.5, 0.6) is 0 Å². The van der Waals surface area contributed by atoms with Crippen LogP contribution in [0.1, 0.15) is 25.3 Å². The first-order valence-electron chi connectivity index (χ1n) is 7.79. The van der Waals surface area contributed by atoms with Crippen LogP contribution in [-0.4, -0.2) is 41.7 Å². The van der Waals surface area contributed by atoms with E-state index in [1.54, 1.807) is 18.9 Å². The summed E-state index contributed by atoms with van der Waals surface area (Å²) in [6.07, 6.45) is 7.90. The molecule has 4 heterocycles. The maximum Gasteiger partial charge on any atom is 0.165 e. The molecule has 1 aliphatic rings. The minimum Gasteiger partial charge on any atom is -0.368 e. The first kappa shape index (κ1) is 14.1. The summed E-state index contributed by atoms with van der Waals surface area (Å²) in [7, 11) is 1.98. The number of nitrogens with one attached hydrogen (secondary N) is 1. The number of ether oxygens (including phenoxy) is 1. The van der Waals surface area contributed by atoms with Crippen molar-refractivity contribution in [2.24, 2.45) is 7.05 Å². The molecule has 0 bridgehead atoms. The molecule has 0 spiro atoms. The van der Waals surface area contributed by atoms with E-state index < -0.39 is 0 Å². The Kier molecular flexibility index (Phi) is 3.45. The van der Waals surface area contributed by atoms with Crippen LogP contribution in [0.4, 0.5) is 5.82 Å². The minimum atomic E-state index is -0.0896. The fourth-order valence-corrected chi connectivity index (χ4v) is 3.04. The quantitative estimate of drug-likeness (QED) is 0.786. The Bertz CT molecular complexity index is 824. The van der Waals surface area contributed by atoms with E-state index in [2.05, 4.69) is 32.2 Å². The minimum absolute atomic E-state index is 0.0896. The van der Waals surface area contributed by atoms with Gasteiger partial charge in [-0.2, -0.15) is 0 Å². The number of hydrogen-bond acceptors (Lipinski definition) is 6. The highest BCUT2D eigenvalue weighted by molar-refractivity contribution is 5.82. The van der Waals surface area contributed by atoms with Gasteiger partial charge in [0.05, 0.1) is 12.4 Å². The second kappa shape index (κ2) is 5.62. The van der Waals surface area contributed by atoms with Crippen molar-refractivity contribution in [3.8, 4) is 0 Å². The molecule has 3 aromatic heterocycles. The summed E-state index contributed by atoms with van der Waals surface area (Å²) in [4.78, 5) is 17.6. The number of anilines is 1. The van der Waals surface area contributed by atoms with Gasteiger partial charge in [0.15, 0.2) is 11.5 Å². The van der Waals surface area contributed by atoms with Crippen molar-refractivity contribution in [3.63, 3.8) is 0 Å². The van der Waals surface area contributed by atoms with Crippen LogP contribution in [-0.2, 0) is 18.3 Å². The topological polar surface area (TPSA) is 82.7 Å². The third-order valence-corrected chi connectivity index (χ3v) is 4.27. The molecule has 0 unspecified atom stereocenters.